The molecule has 0 fully saturated rings. The zero-order valence-corrected chi connectivity index (χ0v) is 17.4. The van der Waals surface area contributed by atoms with Crippen LogP contribution in [0.25, 0.3) is 21.2 Å². The Kier molecular flexibility index (Phi) is 5.78. The van der Waals surface area contributed by atoms with E-state index in [4.69, 9.17) is 4.74 Å². The predicted molar refractivity (Wildman–Crippen MR) is 115 cm³/mol. The van der Waals surface area contributed by atoms with Gasteiger partial charge in [0.15, 0.2) is 0 Å². The summed E-state index contributed by atoms with van der Waals surface area (Å²) in [6.07, 6.45) is -0.803. The fourth-order valence-electron chi connectivity index (χ4n) is 3.40. The Hall–Kier alpha value is -3.19. The van der Waals surface area contributed by atoms with E-state index in [2.05, 4.69) is 4.98 Å². The number of esters is 1. The van der Waals surface area contributed by atoms with Crippen LogP contribution >= 0.6 is 11.3 Å². The number of nitrogens with zero attached hydrogens (tertiary/aromatic N) is 1. The highest BCUT2D eigenvalue weighted by Gasteiger charge is 2.30. The Labute approximate surface area is 181 Å². The number of benzene rings is 2. The third kappa shape index (κ3) is 4.61. The molecule has 4 aromatic rings. The largest absolute Gasteiger partial charge is 0.462 e. The van der Waals surface area contributed by atoms with E-state index in [1.807, 2.05) is 24.3 Å². The van der Waals surface area contributed by atoms with Crippen LogP contribution in [0.2, 0.25) is 0 Å². The molecule has 2 aromatic heterocycles. The Morgan fingerprint density at radius 2 is 1.87 bits per heavy atom. The number of pyridine rings is 1. The maximum Gasteiger partial charge on any atom is 0.416 e. The first kappa shape index (κ1) is 21.1. The number of carbonyl (C=O) groups excluding carboxylic acids is 1. The van der Waals surface area contributed by atoms with Crippen molar-refractivity contribution in [3.63, 3.8) is 0 Å². The van der Waals surface area contributed by atoms with Crippen molar-refractivity contribution in [3.8, 4) is 11.1 Å². The van der Waals surface area contributed by atoms with E-state index in [0.29, 0.717) is 17.5 Å². The number of ether oxygens (including phenoxy) is 1. The average molecular weight is 441 g/mol. The Morgan fingerprint density at radius 1 is 1.06 bits per heavy atom. The van der Waals surface area contributed by atoms with Crippen LogP contribution in [0.15, 0.2) is 67.0 Å². The number of rotatable bonds is 5. The molecular weight excluding hydrogens is 423 g/mol. The molecule has 0 saturated carbocycles. The molecule has 0 atom stereocenters. The minimum absolute atomic E-state index is 0.280. The van der Waals surface area contributed by atoms with Gasteiger partial charge >= 0.3 is 12.1 Å². The number of carbonyl (C=O) groups is 1. The van der Waals surface area contributed by atoms with Gasteiger partial charge in [-0.15, -0.1) is 11.3 Å². The second-order valence-electron chi connectivity index (χ2n) is 6.99. The molecule has 0 spiro atoms. The summed E-state index contributed by atoms with van der Waals surface area (Å²) in [5.74, 6) is -0.430. The molecule has 2 aromatic carbocycles. The van der Waals surface area contributed by atoms with Crippen molar-refractivity contribution in [2.24, 2.45) is 0 Å². The third-order valence-corrected chi connectivity index (χ3v) is 5.97. The van der Waals surface area contributed by atoms with Crippen molar-refractivity contribution in [3.05, 3.63) is 88.6 Å². The first-order valence-electron chi connectivity index (χ1n) is 9.65. The molecule has 0 N–H and O–H groups in total. The van der Waals surface area contributed by atoms with Crippen molar-refractivity contribution in [1.29, 1.82) is 0 Å². The van der Waals surface area contributed by atoms with Gasteiger partial charge in [0.25, 0.3) is 0 Å². The van der Waals surface area contributed by atoms with E-state index in [0.717, 1.165) is 32.2 Å². The van der Waals surface area contributed by atoms with Gasteiger partial charge in [0.1, 0.15) is 0 Å². The number of hydrogen-bond acceptors (Lipinski definition) is 4. The Bertz CT molecular complexity index is 1250. The zero-order chi connectivity index (χ0) is 22.0. The summed E-state index contributed by atoms with van der Waals surface area (Å²) in [6.45, 7) is 2.02. The van der Waals surface area contributed by atoms with Crippen molar-refractivity contribution in [1.82, 2.24) is 4.98 Å². The minimum Gasteiger partial charge on any atom is -0.462 e. The van der Waals surface area contributed by atoms with Crippen molar-refractivity contribution in [2.75, 3.05) is 6.61 Å². The van der Waals surface area contributed by atoms with Gasteiger partial charge in [0, 0.05) is 39.5 Å². The number of aromatic nitrogens is 1. The molecule has 4 rings (SSSR count). The molecule has 31 heavy (non-hydrogen) atoms. The van der Waals surface area contributed by atoms with Gasteiger partial charge in [-0.25, -0.2) is 4.79 Å². The monoisotopic (exact) mass is 441 g/mol. The number of fused-ring (bicyclic) bond motifs is 1. The summed E-state index contributed by atoms with van der Waals surface area (Å²) < 4.78 is 45.1. The maximum absolute atomic E-state index is 13.0. The van der Waals surface area contributed by atoms with Gasteiger partial charge in [-0.05, 0) is 36.1 Å². The topological polar surface area (TPSA) is 39.2 Å². The second-order valence-corrected chi connectivity index (χ2v) is 8.13. The number of halogens is 3. The van der Waals surface area contributed by atoms with Crippen LogP contribution in [0, 0.1) is 0 Å². The van der Waals surface area contributed by atoms with Crippen LogP contribution < -0.4 is 0 Å². The van der Waals surface area contributed by atoms with E-state index < -0.39 is 17.7 Å². The average Bonchev–Trinajstić information content (AvgIpc) is 3.16. The van der Waals surface area contributed by atoms with Gasteiger partial charge in [-0.2, -0.15) is 13.2 Å². The molecule has 0 aliphatic rings. The SMILES string of the molecule is CCOC(=O)c1cncc(-c2cccc3cc(Cc4cccc(C(F)(F)F)c4)sc23)c1. The number of alkyl halides is 3. The quantitative estimate of drug-likeness (QED) is 0.322. The summed E-state index contributed by atoms with van der Waals surface area (Å²) >= 11 is 1.53. The van der Waals surface area contributed by atoms with Gasteiger partial charge in [0.05, 0.1) is 17.7 Å². The fourth-order valence-corrected chi connectivity index (χ4v) is 4.63. The lowest BCUT2D eigenvalue weighted by Crippen LogP contribution is -2.05. The molecule has 2 heterocycles. The van der Waals surface area contributed by atoms with Gasteiger partial charge in [-0.3, -0.25) is 4.98 Å². The lowest BCUT2D eigenvalue weighted by atomic mass is 10.0. The van der Waals surface area contributed by atoms with Crippen LogP contribution in [0.1, 0.15) is 33.3 Å². The van der Waals surface area contributed by atoms with E-state index >= 15 is 0 Å². The van der Waals surface area contributed by atoms with Crippen molar-refractivity contribution in [2.45, 2.75) is 19.5 Å². The van der Waals surface area contributed by atoms with Gasteiger partial charge < -0.3 is 4.74 Å². The smallest absolute Gasteiger partial charge is 0.416 e. The van der Waals surface area contributed by atoms with Gasteiger partial charge in [0.2, 0.25) is 0 Å². The van der Waals surface area contributed by atoms with E-state index in [9.17, 15) is 18.0 Å². The van der Waals surface area contributed by atoms with Crippen molar-refractivity contribution < 1.29 is 22.7 Å². The molecular formula is C24H18F3NO2S. The number of thiophene rings is 1. The standard InChI is InChI=1S/C24H18F3NO2S/c1-2-30-23(29)18-11-17(13-28-14-18)21-8-4-6-16-12-20(31-22(16)21)10-15-5-3-7-19(9-15)24(25,26)27/h3-9,11-14H,2,10H2,1H3. The molecule has 7 heteroatoms. The van der Waals surface area contributed by atoms with E-state index in [-0.39, 0.29) is 6.61 Å². The third-order valence-electron chi connectivity index (χ3n) is 4.79. The molecule has 0 unspecified atom stereocenters. The van der Waals surface area contributed by atoms with Crippen LogP contribution in [0.5, 0.6) is 0 Å². The molecule has 0 aliphatic carbocycles. The second kappa shape index (κ2) is 8.51. The molecule has 0 saturated heterocycles. The highest BCUT2D eigenvalue weighted by molar-refractivity contribution is 7.19. The first-order valence-corrected chi connectivity index (χ1v) is 10.5. The minimum atomic E-state index is -4.36. The predicted octanol–water partition coefficient (Wildman–Crippen LogP) is 6.75. The van der Waals surface area contributed by atoms with Crippen LogP contribution in [-0.2, 0) is 17.3 Å². The Balaban J connectivity index is 1.69. The van der Waals surface area contributed by atoms with Crippen LogP contribution in [-0.4, -0.2) is 17.6 Å². The lowest BCUT2D eigenvalue weighted by molar-refractivity contribution is -0.137. The summed E-state index contributed by atoms with van der Waals surface area (Å²) in [7, 11) is 0. The summed E-state index contributed by atoms with van der Waals surface area (Å²) in [6, 6.07) is 15.0. The molecule has 158 valence electrons. The molecule has 3 nitrogen and oxygen atoms in total. The first-order chi connectivity index (χ1) is 14.8. The van der Waals surface area contributed by atoms with Crippen LogP contribution in [0.3, 0.4) is 0 Å². The van der Waals surface area contributed by atoms with Crippen molar-refractivity contribution >= 4 is 27.4 Å². The van der Waals surface area contributed by atoms with Gasteiger partial charge in [-0.1, -0.05) is 36.4 Å². The zero-order valence-electron chi connectivity index (χ0n) is 16.6. The highest BCUT2D eigenvalue weighted by atomic mass is 32.1. The molecule has 0 aliphatic heterocycles. The molecule has 0 bridgehead atoms. The lowest BCUT2D eigenvalue weighted by Gasteiger charge is -2.08. The van der Waals surface area contributed by atoms with E-state index in [1.54, 1.807) is 25.3 Å². The van der Waals surface area contributed by atoms with E-state index in [1.165, 1.54) is 29.7 Å². The summed E-state index contributed by atoms with van der Waals surface area (Å²) in [5.41, 5.74) is 2.03. The highest BCUT2D eigenvalue weighted by Crippen LogP contribution is 2.36. The normalized spacial score (nSPS) is 11.6. The van der Waals surface area contributed by atoms with Crippen LogP contribution in [0.4, 0.5) is 13.2 Å². The molecule has 0 radical (unpaired) electrons. The maximum atomic E-state index is 13.0. The number of hydrogen-bond donors (Lipinski definition) is 0. The molecule has 0 amide bonds. The summed E-state index contributed by atoms with van der Waals surface area (Å²) in [4.78, 5) is 17.2. The summed E-state index contributed by atoms with van der Waals surface area (Å²) in [5, 5.41) is 0.992. The Morgan fingerprint density at radius 3 is 2.65 bits per heavy atom. The fraction of sp³-hybridized carbons (Fsp3) is 0.167.